The Morgan fingerprint density at radius 3 is 2.38 bits per heavy atom. The van der Waals surface area contributed by atoms with Crippen molar-refractivity contribution in [3.05, 3.63) is 71.8 Å². The Hall–Kier alpha value is -2.04. The summed E-state index contributed by atoms with van der Waals surface area (Å²) in [5, 5.41) is 2.05. The van der Waals surface area contributed by atoms with Crippen LogP contribution in [0.15, 0.2) is 71.6 Å². The summed E-state index contributed by atoms with van der Waals surface area (Å²) >= 11 is 5.88. The summed E-state index contributed by atoms with van der Waals surface area (Å²) in [5.74, 6) is 0. The van der Waals surface area contributed by atoms with Gasteiger partial charge in [-0.1, -0.05) is 54.1 Å². The van der Waals surface area contributed by atoms with Gasteiger partial charge in [-0.2, -0.15) is 0 Å². The summed E-state index contributed by atoms with van der Waals surface area (Å²) in [6.07, 6.45) is 0. The van der Waals surface area contributed by atoms with E-state index in [1.807, 2.05) is 24.3 Å². The molecule has 3 rings (SSSR count). The average Bonchev–Trinajstić information content (AvgIpc) is 2.46. The number of anilines is 1. The highest BCUT2D eigenvalue weighted by atomic mass is 35.5. The van der Waals surface area contributed by atoms with Gasteiger partial charge >= 0.3 is 0 Å². The van der Waals surface area contributed by atoms with Crippen LogP contribution in [0, 0.1) is 0 Å². The van der Waals surface area contributed by atoms with E-state index in [4.69, 9.17) is 11.6 Å². The Morgan fingerprint density at radius 2 is 1.57 bits per heavy atom. The maximum absolute atomic E-state index is 12.6. The van der Waals surface area contributed by atoms with Crippen molar-refractivity contribution in [1.82, 2.24) is 0 Å². The van der Waals surface area contributed by atoms with Gasteiger partial charge in [-0.05, 0) is 29.7 Å². The molecule has 0 aromatic heterocycles. The number of fused-ring (bicyclic) bond motifs is 1. The molecule has 5 heteroatoms. The molecule has 0 saturated heterocycles. The van der Waals surface area contributed by atoms with E-state index in [9.17, 15) is 8.42 Å². The number of benzene rings is 3. The topological polar surface area (TPSA) is 46.2 Å². The molecule has 1 N–H and O–H groups in total. The van der Waals surface area contributed by atoms with Gasteiger partial charge in [0, 0.05) is 10.4 Å². The lowest BCUT2D eigenvalue weighted by atomic mass is 10.1. The molecule has 0 spiro atoms. The van der Waals surface area contributed by atoms with Crippen LogP contribution in [-0.4, -0.2) is 8.42 Å². The number of nitrogens with one attached hydrogen (secondary N) is 1. The van der Waals surface area contributed by atoms with Crippen molar-refractivity contribution in [3.8, 4) is 0 Å². The lowest BCUT2D eigenvalue weighted by Gasteiger charge is -2.10. The minimum Gasteiger partial charge on any atom is -0.280 e. The Kier molecular flexibility index (Phi) is 3.57. The maximum atomic E-state index is 12.6. The summed E-state index contributed by atoms with van der Waals surface area (Å²) < 4.78 is 27.7. The standard InChI is InChI=1S/C16H12ClNO2S/c17-13-7-4-8-14(11-13)18-21(19,20)16-10-3-6-12-5-1-2-9-15(12)16/h1-11,18H. The van der Waals surface area contributed by atoms with Crippen molar-refractivity contribution < 1.29 is 8.42 Å². The molecule has 0 heterocycles. The van der Waals surface area contributed by atoms with Crippen LogP contribution in [-0.2, 0) is 10.0 Å². The molecular weight excluding hydrogens is 306 g/mol. The fourth-order valence-corrected chi connectivity index (χ4v) is 3.66. The minimum atomic E-state index is -3.67. The SMILES string of the molecule is O=S(=O)(Nc1cccc(Cl)c1)c1cccc2ccccc12. The monoisotopic (exact) mass is 317 g/mol. The van der Waals surface area contributed by atoms with Crippen molar-refractivity contribution in [2.75, 3.05) is 4.72 Å². The molecule has 3 aromatic carbocycles. The molecule has 0 atom stereocenters. The quantitative estimate of drug-likeness (QED) is 0.783. The van der Waals surface area contributed by atoms with Crippen LogP contribution in [0.5, 0.6) is 0 Å². The van der Waals surface area contributed by atoms with Gasteiger partial charge in [0.05, 0.1) is 10.6 Å². The summed E-state index contributed by atoms with van der Waals surface area (Å²) in [4.78, 5) is 0.251. The van der Waals surface area contributed by atoms with Crippen LogP contribution >= 0.6 is 11.6 Å². The van der Waals surface area contributed by atoms with E-state index in [0.717, 1.165) is 5.39 Å². The zero-order valence-electron chi connectivity index (χ0n) is 11.0. The first kappa shape index (κ1) is 13.9. The van der Waals surface area contributed by atoms with E-state index in [-0.39, 0.29) is 4.90 Å². The van der Waals surface area contributed by atoms with Gasteiger partial charge in [-0.25, -0.2) is 8.42 Å². The zero-order valence-corrected chi connectivity index (χ0v) is 12.5. The van der Waals surface area contributed by atoms with E-state index in [1.54, 1.807) is 42.5 Å². The van der Waals surface area contributed by atoms with Crippen LogP contribution < -0.4 is 4.72 Å². The van der Waals surface area contributed by atoms with Crippen LogP contribution in [0.1, 0.15) is 0 Å². The van der Waals surface area contributed by atoms with Crippen LogP contribution in [0.3, 0.4) is 0 Å². The maximum Gasteiger partial charge on any atom is 0.262 e. The molecule has 0 radical (unpaired) electrons. The van der Waals surface area contributed by atoms with Crippen LogP contribution in [0.25, 0.3) is 10.8 Å². The van der Waals surface area contributed by atoms with Crippen LogP contribution in [0.2, 0.25) is 5.02 Å². The summed E-state index contributed by atoms with van der Waals surface area (Å²) in [5.41, 5.74) is 0.440. The Morgan fingerprint density at radius 1 is 0.857 bits per heavy atom. The third kappa shape index (κ3) is 2.86. The van der Waals surface area contributed by atoms with Gasteiger partial charge in [-0.15, -0.1) is 0 Å². The highest BCUT2D eigenvalue weighted by molar-refractivity contribution is 7.93. The highest BCUT2D eigenvalue weighted by Crippen LogP contribution is 2.25. The van der Waals surface area contributed by atoms with Crippen molar-refractivity contribution >= 4 is 38.1 Å². The number of rotatable bonds is 3. The van der Waals surface area contributed by atoms with Gasteiger partial charge in [0.2, 0.25) is 0 Å². The molecule has 0 unspecified atom stereocenters. The molecule has 0 bridgehead atoms. The summed E-state index contributed by atoms with van der Waals surface area (Å²) in [7, 11) is -3.67. The molecule has 0 fully saturated rings. The normalized spacial score (nSPS) is 11.5. The van der Waals surface area contributed by atoms with E-state index in [1.165, 1.54) is 0 Å². The number of hydrogen-bond donors (Lipinski definition) is 1. The van der Waals surface area contributed by atoms with Crippen molar-refractivity contribution in [2.24, 2.45) is 0 Å². The number of halogens is 1. The summed E-state index contributed by atoms with van der Waals surface area (Å²) in [6, 6.07) is 19.2. The fourth-order valence-electron chi connectivity index (χ4n) is 2.19. The molecule has 21 heavy (non-hydrogen) atoms. The van der Waals surface area contributed by atoms with E-state index >= 15 is 0 Å². The molecule has 106 valence electrons. The van der Waals surface area contributed by atoms with E-state index in [0.29, 0.717) is 16.1 Å². The number of hydrogen-bond acceptors (Lipinski definition) is 2. The lowest BCUT2D eigenvalue weighted by molar-refractivity contribution is 0.602. The van der Waals surface area contributed by atoms with Crippen molar-refractivity contribution in [1.29, 1.82) is 0 Å². The first-order valence-electron chi connectivity index (χ1n) is 6.32. The molecule has 0 saturated carbocycles. The average molecular weight is 318 g/mol. The Balaban J connectivity index is 2.09. The van der Waals surface area contributed by atoms with Crippen molar-refractivity contribution in [3.63, 3.8) is 0 Å². The third-order valence-electron chi connectivity index (χ3n) is 3.12. The van der Waals surface area contributed by atoms with Gasteiger partial charge in [-0.3, -0.25) is 4.72 Å². The van der Waals surface area contributed by atoms with E-state index in [2.05, 4.69) is 4.72 Å². The van der Waals surface area contributed by atoms with Gasteiger partial charge in [0.1, 0.15) is 0 Å². The predicted octanol–water partition coefficient (Wildman–Crippen LogP) is 4.29. The zero-order chi connectivity index (χ0) is 14.9. The second-order valence-electron chi connectivity index (χ2n) is 4.59. The Bertz CT molecular complexity index is 902. The van der Waals surface area contributed by atoms with Gasteiger partial charge in [0.25, 0.3) is 10.0 Å². The first-order valence-corrected chi connectivity index (χ1v) is 8.18. The molecule has 3 aromatic rings. The molecular formula is C16H12ClNO2S. The Labute approximate surface area is 128 Å². The molecule has 0 amide bonds. The van der Waals surface area contributed by atoms with Crippen molar-refractivity contribution in [2.45, 2.75) is 4.90 Å². The lowest BCUT2D eigenvalue weighted by Crippen LogP contribution is -2.13. The smallest absolute Gasteiger partial charge is 0.262 e. The molecule has 0 aliphatic rings. The van der Waals surface area contributed by atoms with E-state index < -0.39 is 10.0 Å². The number of sulfonamides is 1. The highest BCUT2D eigenvalue weighted by Gasteiger charge is 2.17. The summed E-state index contributed by atoms with van der Waals surface area (Å²) in [6.45, 7) is 0. The fraction of sp³-hybridized carbons (Fsp3) is 0. The molecule has 0 aliphatic carbocycles. The van der Waals surface area contributed by atoms with Gasteiger partial charge in [0.15, 0.2) is 0 Å². The predicted molar refractivity (Wildman–Crippen MR) is 86.2 cm³/mol. The largest absolute Gasteiger partial charge is 0.280 e. The molecule has 3 nitrogen and oxygen atoms in total. The van der Waals surface area contributed by atoms with Gasteiger partial charge < -0.3 is 0 Å². The first-order chi connectivity index (χ1) is 10.1. The second kappa shape index (κ2) is 5.39. The second-order valence-corrected chi connectivity index (χ2v) is 6.68. The molecule has 0 aliphatic heterocycles. The van der Waals surface area contributed by atoms with Crippen LogP contribution in [0.4, 0.5) is 5.69 Å². The third-order valence-corrected chi connectivity index (χ3v) is 4.79. The minimum absolute atomic E-state index is 0.251.